The molecule has 1 saturated heterocycles. The molecule has 0 radical (unpaired) electrons. The van der Waals surface area contributed by atoms with E-state index in [4.69, 9.17) is 19.7 Å². The first-order valence-electron chi connectivity index (χ1n) is 13.5. The second kappa shape index (κ2) is 12.0. The van der Waals surface area contributed by atoms with Gasteiger partial charge < -0.3 is 34.5 Å². The normalized spacial score (nSPS) is 20.6. The van der Waals surface area contributed by atoms with Crippen molar-refractivity contribution in [2.45, 2.75) is 37.2 Å². The number of nitrogen functional groups attached to an aromatic ring is 1. The fraction of sp³-hybridized carbons (Fsp3) is 0.258. The van der Waals surface area contributed by atoms with Gasteiger partial charge in [-0.15, -0.1) is 0 Å². The number of aliphatic hydroxyl groups excluding tert-OH is 2. The molecule has 4 heterocycles. The van der Waals surface area contributed by atoms with Gasteiger partial charge in [0.25, 0.3) is 0 Å². The van der Waals surface area contributed by atoms with Gasteiger partial charge in [0.2, 0.25) is 0 Å². The SMILES string of the molecule is COc1ccc(/C=C/c2cn([C@@H]3O[C@H](CSCc4c(C)noc4-c4ccccc4)[C@@H](O)[C@H]3O)c3ncnc(N)c23)cc1. The number of methoxy groups -OCH3 is 1. The van der Waals surface area contributed by atoms with Crippen molar-refractivity contribution in [2.75, 3.05) is 18.6 Å². The summed E-state index contributed by atoms with van der Waals surface area (Å²) in [4.78, 5) is 8.61. The van der Waals surface area contributed by atoms with Crippen molar-refractivity contribution in [1.29, 1.82) is 0 Å². The zero-order valence-corrected chi connectivity index (χ0v) is 23.9. The first-order chi connectivity index (χ1) is 20.4. The number of rotatable bonds is 9. The Kier molecular flexibility index (Phi) is 7.98. The van der Waals surface area contributed by atoms with Crippen molar-refractivity contribution in [1.82, 2.24) is 19.7 Å². The van der Waals surface area contributed by atoms with Gasteiger partial charge in [-0.3, -0.25) is 0 Å². The maximum absolute atomic E-state index is 11.1. The minimum absolute atomic E-state index is 0.312. The molecule has 11 heteroatoms. The average molecular weight is 586 g/mol. The molecule has 3 aromatic heterocycles. The lowest BCUT2D eigenvalue weighted by molar-refractivity contribution is -0.0285. The highest BCUT2D eigenvalue weighted by Crippen LogP contribution is 2.37. The minimum atomic E-state index is -1.17. The van der Waals surface area contributed by atoms with E-state index in [9.17, 15) is 10.2 Å². The average Bonchev–Trinajstić information content (AvgIpc) is 3.66. The number of nitrogens with two attached hydrogens (primary N) is 1. The molecular formula is C31H31N5O5S. The van der Waals surface area contributed by atoms with Crippen LogP contribution in [0.1, 0.15) is 28.6 Å². The summed E-state index contributed by atoms with van der Waals surface area (Å²) in [6, 6.07) is 17.5. The molecule has 216 valence electrons. The van der Waals surface area contributed by atoms with Gasteiger partial charge in [-0.25, -0.2) is 9.97 Å². The Balaban J connectivity index is 1.20. The standard InChI is InChI=1S/C31H31N5O5S/c1-18-23(28(41-35-18)20-6-4-3-5-7-20)15-42-16-24-26(37)27(38)31(40-24)36-14-21(25-29(32)33-17-34-30(25)36)11-8-19-9-12-22(39-2)13-10-19/h3-14,17,24,26-27,31,37-38H,15-16H2,1-2H3,(H2,32,33,34)/b11-8+/t24-,26-,27-,31-/m1/s1. The number of ether oxygens (including phenoxy) is 2. The Bertz CT molecular complexity index is 1700. The highest BCUT2D eigenvalue weighted by Gasteiger charge is 2.44. The number of fused-ring (bicyclic) bond motifs is 1. The Morgan fingerprint density at radius 3 is 2.60 bits per heavy atom. The molecule has 42 heavy (non-hydrogen) atoms. The number of thioether (sulfide) groups is 1. The zero-order chi connectivity index (χ0) is 29.2. The molecule has 5 aromatic rings. The molecule has 10 nitrogen and oxygen atoms in total. The third kappa shape index (κ3) is 5.39. The van der Waals surface area contributed by atoms with E-state index in [-0.39, 0.29) is 0 Å². The molecule has 1 aliphatic rings. The molecular weight excluding hydrogens is 554 g/mol. The predicted octanol–water partition coefficient (Wildman–Crippen LogP) is 4.71. The Hall–Kier alpha value is -4.16. The van der Waals surface area contributed by atoms with E-state index in [0.29, 0.717) is 28.4 Å². The monoisotopic (exact) mass is 585 g/mol. The van der Waals surface area contributed by atoms with Crippen molar-refractivity contribution >= 4 is 40.8 Å². The second-order valence-corrected chi connectivity index (χ2v) is 11.1. The van der Waals surface area contributed by atoms with E-state index in [2.05, 4.69) is 15.1 Å². The van der Waals surface area contributed by atoms with E-state index in [1.54, 1.807) is 23.4 Å². The number of anilines is 1. The number of hydrogen-bond donors (Lipinski definition) is 3. The Morgan fingerprint density at radius 2 is 1.83 bits per heavy atom. The van der Waals surface area contributed by atoms with Crippen LogP contribution >= 0.6 is 11.8 Å². The van der Waals surface area contributed by atoms with Crippen LogP contribution in [-0.4, -0.2) is 61.1 Å². The fourth-order valence-corrected chi connectivity index (χ4v) is 6.28. The lowest BCUT2D eigenvalue weighted by atomic mass is 10.1. The Labute approximate surface area is 246 Å². The number of nitrogens with zero attached hydrogens (tertiary/aromatic N) is 4. The topological polar surface area (TPSA) is 142 Å². The maximum Gasteiger partial charge on any atom is 0.171 e. The molecule has 1 aliphatic heterocycles. The lowest BCUT2D eigenvalue weighted by Gasteiger charge is -2.17. The molecule has 4 atom stereocenters. The van der Waals surface area contributed by atoms with Gasteiger partial charge in [0.1, 0.15) is 35.7 Å². The molecule has 0 bridgehead atoms. The summed E-state index contributed by atoms with van der Waals surface area (Å²) >= 11 is 1.58. The molecule has 0 amide bonds. The smallest absolute Gasteiger partial charge is 0.171 e. The number of aryl methyl sites for hydroxylation is 1. The van der Waals surface area contributed by atoms with E-state index in [0.717, 1.165) is 39.5 Å². The predicted molar refractivity (Wildman–Crippen MR) is 163 cm³/mol. The quantitative estimate of drug-likeness (QED) is 0.223. The van der Waals surface area contributed by atoms with Crippen LogP contribution in [0.15, 0.2) is 71.6 Å². The number of benzene rings is 2. The lowest BCUT2D eigenvalue weighted by Crippen LogP contribution is -2.32. The van der Waals surface area contributed by atoms with Gasteiger partial charge in [0.15, 0.2) is 12.0 Å². The molecule has 1 fully saturated rings. The molecule has 2 aromatic carbocycles. The second-order valence-electron chi connectivity index (χ2n) is 10.1. The van der Waals surface area contributed by atoms with Crippen LogP contribution in [-0.2, 0) is 10.5 Å². The van der Waals surface area contributed by atoms with E-state index < -0.39 is 24.5 Å². The van der Waals surface area contributed by atoms with E-state index in [1.165, 1.54) is 6.33 Å². The summed E-state index contributed by atoms with van der Waals surface area (Å²) in [5.41, 5.74) is 11.3. The molecule has 4 N–H and O–H groups in total. The summed E-state index contributed by atoms with van der Waals surface area (Å²) in [6.45, 7) is 1.91. The summed E-state index contributed by atoms with van der Waals surface area (Å²) in [5.74, 6) is 2.88. The maximum atomic E-state index is 11.1. The van der Waals surface area contributed by atoms with Gasteiger partial charge in [-0.2, -0.15) is 11.8 Å². The summed E-state index contributed by atoms with van der Waals surface area (Å²) in [5, 5.41) is 26.8. The number of aromatic nitrogens is 4. The van der Waals surface area contributed by atoms with Crippen LogP contribution in [0.4, 0.5) is 5.82 Å². The summed E-state index contributed by atoms with van der Waals surface area (Å²) in [6.07, 6.45) is 3.33. The van der Waals surface area contributed by atoms with Crippen molar-refractivity contribution in [3.05, 3.63) is 89.5 Å². The largest absolute Gasteiger partial charge is 0.497 e. The van der Waals surface area contributed by atoms with E-state index >= 15 is 0 Å². The number of aliphatic hydroxyl groups is 2. The van der Waals surface area contributed by atoms with Crippen LogP contribution in [0.25, 0.3) is 34.5 Å². The van der Waals surface area contributed by atoms with Crippen molar-refractivity contribution in [2.24, 2.45) is 0 Å². The van der Waals surface area contributed by atoms with Crippen LogP contribution in [0.2, 0.25) is 0 Å². The van der Waals surface area contributed by atoms with Gasteiger partial charge in [-0.1, -0.05) is 59.8 Å². The van der Waals surface area contributed by atoms with Crippen LogP contribution < -0.4 is 10.5 Å². The zero-order valence-electron chi connectivity index (χ0n) is 23.1. The molecule has 0 saturated carbocycles. The van der Waals surface area contributed by atoms with Crippen molar-refractivity contribution in [3.8, 4) is 17.1 Å². The molecule has 0 aliphatic carbocycles. The molecule has 0 unspecified atom stereocenters. The van der Waals surface area contributed by atoms with Crippen LogP contribution in [0.5, 0.6) is 5.75 Å². The summed E-state index contributed by atoms with van der Waals surface area (Å²) in [7, 11) is 1.63. The van der Waals surface area contributed by atoms with Crippen LogP contribution in [0, 0.1) is 6.92 Å². The van der Waals surface area contributed by atoms with E-state index in [1.807, 2.05) is 79.9 Å². The van der Waals surface area contributed by atoms with Crippen LogP contribution in [0.3, 0.4) is 0 Å². The van der Waals surface area contributed by atoms with Gasteiger partial charge in [0, 0.05) is 34.4 Å². The molecule has 6 rings (SSSR count). The first kappa shape index (κ1) is 28.0. The minimum Gasteiger partial charge on any atom is -0.497 e. The fourth-order valence-electron chi connectivity index (χ4n) is 5.11. The number of hydrogen-bond acceptors (Lipinski definition) is 10. The Morgan fingerprint density at radius 1 is 1.05 bits per heavy atom. The highest BCUT2D eigenvalue weighted by atomic mass is 32.2. The first-order valence-corrected chi connectivity index (χ1v) is 14.6. The van der Waals surface area contributed by atoms with Crippen molar-refractivity contribution in [3.63, 3.8) is 0 Å². The third-order valence-electron chi connectivity index (χ3n) is 7.40. The van der Waals surface area contributed by atoms with Gasteiger partial charge in [0.05, 0.1) is 24.3 Å². The highest BCUT2D eigenvalue weighted by molar-refractivity contribution is 7.98. The molecule has 0 spiro atoms. The third-order valence-corrected chi connectivity index (χ3v) is 8.46. The summed E-state index contributed by atoms with van der Waals surface area (Å²) < 4.78 is 18.8. The van der Waals surface area contributed by atoms with Gasteiger partial charge >= 0.3 is 0 Å². The van der Waals surface area contributed by atoms with Crippen molar-refractivity contribution < 1.29 is 24.2 Å². The van der Waals surface area contributed by atoms with Gasteiger partial charge in [-0.05, 0) is 24.6 Å².